The molecule has 3 nitrogen and oxygen atoms in total. The third kappa shape index (κ3) is 5.28. The number of methoxy groups -OCH3 is 1. The van der Waals surface area contributed by atoms with Crippen LogP contribution in [0.1, 0.15) is 19.3 Å². The molecule has 0 aliphatic rings. The lowest BCUT2D eigenvalue weighted by molar-refractivity contribution is -0.116. The number of amides is 1. The Labute approximate surface area is 108 Å². The SMILES string of the molecule is COCCCCC(=O)Nc1ccc(F)c(Br)c1. The van der Waals surface area contributed by atoms with Gasteiger partial charge in [0.2, 0.25) is 5.91 Å². The summed E-state index contributed by atoms with van der Waals surface area (Å²) in [6, 6.07) is 4.39. The zero-order valence-corrected chi connectivity index (χ0v) is 11.2. The van der Waals surface area contributed by atoms with E-state index in [9.17, 15) is 9.18 Å². The predicted octanol–water partition coefficient (Wildman–Crippen LogP) is 3.34. The van der Waals surface area contributed by atoms with E-state index in [4.69, 9.17) is 4.74 Å². The lowest BCUT2D eigenvalue weighted by atomic mass is 10.2. The van der Waals surface area contributed by atoms with Crippen LogP contribution in [0.3, 0.4) is 0 Å². The first-order valence-corrected chi connectivity index (χ1v) is 6.16. The number of nitrogens with one attached hydrogen (secondary N) is 1. The Morgan fingerprint density at radius 1 is 1.47 bits per heavy atom. The molecule has 1 amide bonds. The van der Waals surface area contributed by atoms with Crippen LogP contribution in [0.5, 0.6) is 0 Å². The Bertz CT molecular complexity index is 385. The van der Waals surface area contributed by atoms with Crippen molar-refractivity contribution in [1.29, 1.82) is 0 Å². The highest BCUT2D eigenvalue weighted by Crippen LogP contribution is 2.20. The highest BCUT2D eigenvalue weighted by molar-refractivity contribution is 9.10. The van der Waals surface area contributed by atoms with Gasteiger partial charge in [0.05, 0.1) is 4.47 Å². The van der Waals surface area contributed by atoms with Gasteiger partial charge in [-0.2, -0.15) is 0 Å². The van der Waals surface area contributed by atoms with Gasteiger partial charge in [0.15, 0.2) is 0 Å². The highest BCUT2D eigenvalue weighted by atomic mass is 79.9. The molecule has 1 N–H and O–H groups in total. The van der Waals surface area contributed by atoms with Crippen LogP contribution in [0.15, 0.2) is 22.7 Å². The van der Waals surface area contributed by atoms with Crippen molar-refractivity contribution in [2.24, 2.45) is 0 Å². The fourth-order valence-corrected chi connectivity index (χ4v) is 1.71. The molecular weight excluding hydrogens is 289 g/mol. The van der Waals surface area contributed by atoms with Gasteiger partial charge in [0.1, 0.15) is 5.82 Å². The molecule has 0 heterocycles. The van der Waals surface area contributed by atoms with Crippen molar-refractivity contribution in [1.82, 2.24) is 0 Å². The monoisotopic (exact) mass is 303 g/mol. The molecule has 0 aliphatic carbocycles. The number of anilines is 1. The average molecular weight is 304 g/mol. The number of halogens is 2. The van der Waals surface area contributed by atoms with Gasteiger partial charge in [-0.25, -0.2) is 4.39 Å². The second-order valence-electron chi connectivity index (χ2n) is 3.63. The Hall–Kier alpha value is -0.940. The van der Waals surface area contributed by atoms with E-state index in [0.717, 1.165) is 12.8 Å². The highest BCUT2D eigenvalue weighted by Gasteiger charge is 2.04. The zero-order valence-electron chi connectivity index (χ0n) is 9.63. The first-order valence-electron chi connectivity index (χ1n) is 5.37. The molecule has 1 aromatic carbocycles. The van der Waals surface area contributed by atoms with E-state index in [1.807, 2.05) is 0 Å². The third-order valence-corrected chi connectivity index (χ3v) is 2.81. The molecule has 0 aromatic heterocycles. The van der Waals surface area contributed by atoms with E-state index in [1.165, 1.54) is 12.1 Å². The lowest BCUT2D eigenvalue weighted by Crippen LogP contribution is -2.11. The number of hydrogen-bond donors (Lipinski definition) is 1. The van der Waals surface area contributed by atoms with Crippen LogP contribution in [0.25, 0.3) is 0 Å². The molecule has 0 radical (unpaired) electrons. The molecule has 0 unspecified atom stereocenters. The van der Waals surface area contributed by atoms with E-state index >= 15 is 0 Å². The van der Waals surface area contributed by atoms with Crippen LogP contribution < -0.4 is 5.32 Å². The van der Waals surface area contributed by atoms with Crippen LogP contribution in [-0.4, -0.2) is 19.6 Å². The van der Waals surface area contributed by atoms with Gasteiger partial charge in [-0.05, 0) is 47.0 Å². The molecule has 0 atom stereocenters. The quantitative estimate of drug-likeness (QED) is 0.819. The maximum Gasteiger partial charge on any atom is 0.224 e. The summed E-state index contributed by atoms with van der Waals surface area (Å²) >= 11 is 3.07. The maximum atomic E-state index is 13.0. The Morgan fingerprint density at radius 2 is 2.24 bits per heavy atom. The van der Waals surface area contributed by atoms with Gasteiger partial charge in [0.25, 0.3) is 0 Å². The Morgan fingerprint density at radius 3 is 2.88 bits per heavy atom. The van der Waals surface area contributed by atoms with Crippen molar-refractivity contribution in [2.75, 3.05) is 19.0 Å². The molecule has 0 saturated heterocycles. The van der Waals surface area contributed by atoms with Crippen molar-refractivity contribution < 1.29 is 13.9 Å². The smallest absolute Gasteiger partial charge is 0.224 e. The number of carbonyl (C=O) groups excluding carboxylic acids is 1. The van der Waals surface area contributed by atoms with Crippen LogP contribution in [0.4, 0.5) is 10.1 Å². The molecule has 0 spiro atoms. The van der Waals surface area contributed by atoms with Crippen LogP contribution in [0, 0.1) is 5.82 Å². The number of ether oxygens (including phenoxy) is 1. The van der Waals surface area contributed by atoms with E-state index in [-0.39, 0.29) is 11.7 Å². The summed E-state index contributed by atoms with van der Waals surface area (Å²) in [5.41, 5.74) is 0.593. The van der Waals surface area contributed by atoms with E-state index in [0.29, 0.717) is 23.2 Å². The molecule has 94 valence electrons. The first kappa shape index (κ1) is 14.1. The van der Waals surface area contributed by atoms with Crippen molar-refractivity contribution in [3.63, 3.8) is 0 Å². The van der Waals surface area contributed by atoms with Crippen molar-refractivity contribution >= 4 is 27.5 Å². The van der Waals surface area contributed by atoms with Gasteiger partial charge in [0, 0.05) is 25.8 Å². The van der Waals surface area contributed by atoms with Gasteiger partial charge < -0.3 is 10.1 Å². The fourth-order valence-electron chi connectivity index (χ4n) is 1.33. The fraction of sp³-hybridized carbons (Fsp3) is 0.417. The van der Waals surface area contributed by atoms with Crippen LogP contribution >= 0.6 is 15.9 Å². The van der Waals surface area contributed by atoms with Crippen molar-refractivity contribution in [3.05, 3.63) is 28.5 Å². The van der Waals surface area contributed by atoms with Gasteiger partial charge in [-0.1, -0.05) is 0 Å². The normalized spacial score (nSPS) is 10.3. The van der Waals surface area contributed by atoms with Gasteiger partial charge >= 0.3 is 0 Å². The Balaban J connectivity index is 2.37. The molecule has 0 saturated carbocycles. The standard InChI is InChI=1S/C12H15BrFNO2/c1-17-7-3-2-4-12(16)15-9-5-6-11(14)10(13)8-9/h5-6,8H,2-4,7H2,1H3,(H,15,16). The number of benzene rings is 1. The molecular formula is C12H15BrFNO2. The number of carbonyl (C=O) groups is 1. The number of rotatable bonds is 6. The number of hydrogen-bond acceptors (Lipinski definition) is 2. The summed E-state index contributed by atoms with van der Waals surface area (Å²) in [7, 11) is 1.64. The predicted molar refractivity (Wildman–Crippen MR) is 68.5 cm³/mol. The lowest BCUT2D eigenvalue weighted by Gasteiger charge is -2.06. The molecule has 1 rings (SSSR count). The summed E-state index contributed by atoms with van der Waals surface area (Å²) in [5.74, 6) is -0.414. The summed E-state index contributed by atoms with van der Waals surface area (Å²) in [4.78, 5) is 11.5. The largest absolute Gasteiger partial charge is 0.385 e. The van der Waals surface area contributed by atoms with Gasteiger partial charge in [-0.15, -0.1) is 0 Å². The van der Waals surface area contributed by atoms with Crippen molar-refractivity contribution in [2.45, 2.75) is 19.3 Å². The summed E-state index contributed by atoms with van der Waals surface area (Å²) in [6.07, 6.45) is 2.08. The van der Waals surface area contributed by atoms with Crippen LogP contribution in [0.2, 0.25) is 0 Å². The molecule has 5 heteroatoms. The third-order valence-electron chi connectivity index (χ3n) is 2.21. The molecule has 0 fully saturated rings. The first-order chi connectivity index (χ1) is 8.13. The summed E-state index contributed by atoms with van der Waals surface area (Å²) < 4.78 is 18.2. The zero-order chi connectivity index (χ0) is 12.7. The van der Waals surface area contributed by atoms with E-state index in [2.05, 4.69) is 21.2 Å². The minimum atomic E-state index is -0.344. The van der Waals surface area contributed by atoms with E-state index < -0.39 is 0 Å². The van der Waals surface area contributed by atoms with Gasteiger partial charge in [-0.3, -0.25) is 4.79 Å². The average Bonchev–Trinajstić information content (AvgIpc) is 2.30. The summed E-state index contributed by atoms with van der Waals surface area (Å²) in [5, 5.41) is 2.71. The van der Waals surface area contributed by atoms with E-state index in [1.54, 1.807) is 13.2 Å². The second kappa shape index (κ2) is 7.40. The Kier molecular flexibility index (Phi) is 6.15. The number of unbranched alkanes of at least 4 members (excludes halogenated alkanes) is 1. The maximum absolute atomic E-state index is 13.0. The molecule has 17 heavy (non-hydrogen) atoms. The minimum absolute atomic E-state index is 0.0698. The minimum Gasteiger partial charge on any atom is -0.385 e. The molecule has 0 bridgehead atoms. The second-order valence-corrected chi connectivity index (χ2v) is 4.48. The summed E-state index contributed by atoms with van der Waals surface area (Å²) in [6.45, 7) is 0.662. The molecule has 1 aromatic rings. The topological polar surface area (TPSA) is 38.3 Å². The molecule has 0 aliphatic heterocycles. The van der Waals surface area contributed by atoms with Crippen molar-refractivity contribution in [3.8, 4) is 0 Å². The van der Waals surface area contributed by atoms with Crippen LogP contribution in [-0.2, 0) is 9.53 Å².